The lowest BCUT2D eigenvalue weighted by Gasteiger charge is -2.12. The Bertz CT molecular complexity index is 929. The van der Waals surface area contributed by atoms with E-state index in [9.17, 15) is 14.4 Å². The summed E-state index contributed by atoms with van der Waals surface area (Å²) >= 11 is 0.876. The number of carbonyl (C=O) groups excluding carboxylic acids is 3. The molecule has 1 saturated carbocycles. The number of anilines is 1. The summed E-state index contributed by atoms with van der Waals surface area (Å²) in [6, 6.07) is 11.4. The van der Waals surface area contributed by atoms with Gasteiger partial charge in [-0.2, -0.15) is 0 Å². The van der Waals surface area contributed by atoms with Crippen LogP contribution in [0.4, 0.5) is 10.5 Å². The van der Waals surface area contributed by atoms with E-state index in [4.69, 9.17) is 0 Å². The van der Waals surface area contributed by atoms with E-state index in [2.05, 4.69) is 9.88 Å². The summed E-state index contributed by atoms with van der Waals surface area (Å²) < 4.78 is 2.19. The number of benzene rings is 1. The number of hydrogen-bond acceptors (Lipinski definition) is 4. The first-order chi connectivity index (χ1) is 13.6. The molecule has 1 N–H and O–H groups in total. The molecule has 0 spiro atoms. The molecule has 0 bridgehead atoms. The largest absolute Gasteiger partial charge is 0.351 e. The minimum atomic E-state index is -0.424. The first-order valence-electron chi connectivity index (χ1n) is 9.38. The number of imide groups is 1. The van der Waals surface area contributed by atoms with Gasteiger partial charge in [-0.3, -0.25) is 19.3 Å². The van der Waals surface area contributed by atoms with E-state index in [0.29, 0.717) is 16.6 Å². The van der Waals surface area contributed by atoms with E-state index in [-0.39, 0.29) is 6.54 Å². The Balaban J connectivity index is 1.42. The minimum absolute atomic E-state index is 0.292. The molecule has 1 saturated heterocycles. The molecule has 2 aliphatic rings. The van der Waals surface area contributed by atoms with Crippen molar-refractivity contribution < 1.29 is 14.4 Å². The summed E-state index contributed by atoms with van der Waals surface area (Å²) in [6.45, 7) is -0.292. The second-order valence-electron chi connectivity index (χ2n) is 7.01. The topological polar surface area (TPSA) is 71.4 Å². The lowest BCUT2D eigenvalue weighted by atomic mass is 10.2. The summed E-state index contributed by atoms with van der Waals surface area (Å²) in [6.07, 6.45) is 10.6. The molecular weight excluding hydrogens is 374 g/mol. The molecule has 1 aromatic carbocycles. The molecule has 1 aliphatic heterocycles. The molecule has 0 atom stereocenters. The van der Waals surface area contributed by atoms with Gasteiger partial charge < -0.3 is 9.88 Å². The Hall–Kier alpha value is -2.80. The third-order valence-corrected chi connectivity index (χ3v) is 5.92. The van der Waals surface area contributed by atoms with Gasteiger partial charge in [-0.25, -0.2) is 0 Å². The standard InChI is InChI=1S/C21H21N3O3S/c25-19(22-16-6-2-1-3-7-16)14-24-20(26)18(28-21(24)27)12-15-10-11-23(13-15)17-8-4-5-9-17/h1-3,6-7,10-13,17H,4-5,8-9,14H2,(H,22,25)/b18-12+. The van der Waals surface area contributed by atoms with Gasteiger partial charge in [0.15, 0.2) is 0 Å². The number of rotatable bonds is 5. The second-order valence-corrected chi connectivity index (χ2v) is 8.01. The predicted octanol–water partition coefficient (Wildman–Crippen LogP) is 4.28. The zero-order valence-corrected chi connectivity index (χ0v) is 16.2. The van der Waals surface area contributed by atoms with E-state index < -0.39 is 17.1 Å². The van der Waals surface area contributed by atoms with E-state index in [1.807, 2.05) is 24.5 Å². The summed E-state index contributed by atoms with van der Waals surface area (Å²) in [5.41, 5.74) is 1.52. The number of nitrogens with one attached hydrogen (secondary N) is 1. The van der Waals surface area contributed by atoms with Gasteiger partial charge in [0.1, 0.15) is 6.54 Å². The second kappa shape index (κ2) is 8.06. The van der Waals surface area contributed by atoms with E-state index in [0.717, 1.165) is 22.2 Å². The van der Waals surface area contributed by atoms with E-state index in [1.54, 1.807) is 30.3 Å². The molecule has 4 rings (SSSR count). The zero-order chi connectivity index (χ0) is 19.5. The molecule has 0 radical (unpaired) electrons. The number of hydrogen-bond donors (Lipinski definition) is 1. The van der Waals surface area contributed by atoms with Crippen molar-refractivity contribution in [3.05, 3.63) is 59.3 Å². The van der Waals surface area contributed by atoms with Gasteiger partial charge in [-0.05, 0) is 54.4 Å². The number of carbonyl (C=O) groups is 3. The maximum Gasteiger partial charge on any atom is 0.294 e. The van der Waals surface area contributed by atoms with Crippen molar-refractivity contribution in [3.8, 4) is 0 Å². The number of amides is 3. The lowest BCUT2D eigenvalue weighted by Crippen LogP contribution is -2.36. The van der Waals surface area contributed by atoms with Crippen molar-refractivity contribution in [2.75, 3.05) is 11.9 Å². The Morgan fingerprint density at radius 2 is 1.89 bits per heavy atom. The predicted molar refractivity (Wildman–Crippen MR) is 110 cm³/mol. The van der Waals surface area contributed by atoms with Gasteiger partial charge in [0, 0.05) is 24.1 Å². The SMILES string of the molecule is O=C(CN1C(=O)S/C(=C/c2ccn(C3CCCC3)c2)C1=O)Nc1ccccc1. The summed E-state index contributed by atoms with van der Waals surface area (Å²) in [7, 11) is 0. The monoisotopic (exact) mass is 395 g/mol. The molecule has 2 aromatic rings. The Morgan fingerprint density at radius 3 is 2.64 bits per heavy atom. The fourth-order valence-electron chi connectivity index (χ4n) is 3.60. The molecule has 1 aromatic heterocycles. The van der Waals surface area contributed by atoms with Crippen LogP contribution in [0.15, 0.2) is 53.7 Å². The van der Waals surface area contributed by atoms with Crippen molar-refractivity contribution in [1.29, 1.82) is 0 Å². The van der Waals surface area contributed by atoms with Crippen LogP contribution in [0.2, 0.25) is 0 Å². The van der Waals surface area contributed by atoms with Gasteiger partial charge in [0.25, 0.3) is 11.1 Å². The maximum absolute atomic E-state index is 12.6. The van der Waals surface area contributed by atoms with Crippen molar-refractivity contribution in [3.63, 3.8) is 0 Å². The van der Waals surface area contributed by atoms with Gasteiger partial charge in [0.2, 0.25) is 5.91 Å². The molecule has 1 aliphatic carbocycles. The van der Waals surface area contributed by atoms with Crippen LogP contribution in [0.5, 0.6) is 0 Å². The van der Waals surface area contributed by atoms with E-state index in [1.165, 1.54) is 25.7 Å². The first kappa shape index (κ1) is 18.6. The molecule has 144 valence electrons. The molecule has 7 heteroatoms. The lowest BCUT2D eigenvalue weighted by molar-refractivity contribution is -0.127. The highest BCUT2D eigenvalue weighted by Gasteiger charge is 2.36. The molecular formula is C21H21N3O3S. The van der Waals surface area contributed by atoms with Crippen LogP contribution in [0, 0.1) is 0 Å². The molecule has 6 nitrogen and oxygen atoms in total. The minimum Gasteiger partial charge on any atom is -0.351 e. The van der Waals surface area contributed by atoms with Crippen LogP contribution in [-0.2, 0) is 9.59 Å². The first-order valence-corrected chi connectivity index (χ1v) is 10.2. The molecule has 3 amide bonds. The maximum atomic E-state index is 12.6. The summed E-state index contributed by atoms with van der Waals surface area (Å²) in [4.78, 5) is 38.4. The smallest absolute Gasteiger partial charge is 0.294 e. The van der Waals surface area contributed by atoms with Gasteiger partial charge in [0.05, 0.1) is 4.91 Å². The third-order valence-electron chi connectivity index (χ3n) is 5.01. The number of nitrogens with zero attached hydrogens (tertiary/aromatic N) is 2. The van der Waals surface area contributed by atoms with Crippen LogP contribution in [-0.4, -0.2) is 33.1 Å². The van der Waals surface area contributed by atoms with Crippen LogP contribution in [0.25, 0.3) is 6.08 Å². The number of para-hydroxylation sites is 1. The van der Waals surface area contributed by atoms with Crippen molar-refractivity contribution >= 4 is 40.6 Å². The summed E-state index contributed by atoms with van der Waals surface area (Å²) in [5.74, 6) is -0.825. The van der Waals surface area contributed by atoms with Crippen LogP contribution < -0.4 is 5.32 Å². The van der Waals surface area contributed by atoms with Crippen molar-refractivity contribution in [1.82, 2.24) is 9.47 Å². The van der Waals surface area contributed by atoms with Gasteiger partial charge in [-0.1, -0.05) is 31.0 Å². The van der Waals surface area contributed by atoms with Crippen LogP contribution in [0.3, 0.4) is 0 Å². The number of aromatic nitrogens is 1. The van der Waals surface area contributed by atoms with Gasteiger partial charge in [-0.15, -0.1) is 0 Å². The Labute approximate surface area is 167 Å². The fraction of sp³-hybridized carbons (Fsp3) is 0.286. The van der Waals surface area contributed by atoms with Gasteiger partial charge >= 0.3 is 0 Å². The number of thioether (sulfide) groups is 1. The molecule has 2 fully saturated rings. The quantitative estimate of drug-likeness (QED) is 0.767. The Morgan fingerprint density at radius 1 is 1.14 bits per heavy atom. The highest BCUT2D eigenvalue weighted by atomic mass is 32.2. The van der Waals surface area contributed by atoms with Crippen molar-refractivity contribution in [2.45, 2.75) is 31.7 Å². The average molecular weight is 395 g/mol. The third kappa shape index (κ3) is 4.04. The van der Waals surface area contributed by atoms with Crippen LogP contribution in [0.1, 0.15) is 37.3 Å². The normalized spacial score (nSPS) is 19.0. The van der Waals surface area contributed by atoms with E-state index >= 15 is 0 Å². The summed E-state index contributed by atoms with van der Waals surface area (Å²) in [5, 5.41) is 2.27. The fourth-order valence-corrected chi connectivity index (χ4v) is 4.44. The van der Waals surface area contributed by atoms with Crippen LogP contribution >= 0.6 is 11.8 Å². The molecule has 2 heterocycles. The average Bonchev–Trinajstić information content (AvgIpc) is 3.41. The molecule has 28 heavy (non-hydrogen) atoms. The zero-order valence-electron chi connectivity index (χ0n) is 15.3. The molecule has 0 unspecified atom stereocenters. The Kier molecular flexibility index (Phi) is 5.34. The highest BCUT2D eigenvalue weighted by Crippen LogP contribution is 2.33. The highest BCUT2D eigenvalue weighted by molar-refractivity contribution is 8.18. The van der Waals surface area contributed by atoms with Crippen molar-refractivity contribution in [2.24, 2.45) is 0 Å².